The lowest BCUT2D eigenvalue weighted by Gasteiger charge is -2.24. The maximum absolute atomic E-state index is 12.2. The zero-order chi connectivity index (χ0) is 19.6. The van der Waals surface area contributed by atoms with Crippen LogP contribution in [0.4, 0.5) is 5.95 Å². The number of carbonyl (C=O) groups is 1. The molecule has 7 nitrogen and oxygen atoms in total. The number of likely N-dealkylation sites (tertiary alicyclic amines) is 1. The van der Waals surface area contributed by atoms with E-state index >= 15 is 0 Å². The summed E-state index contributed by atoms with van der Waals surface area (Å²) < 4.78 is 5.17. The predicted molar refractivity (Wildman–Crippen MR) is 106 cm³/mol. The lowest BCUT2D eigenvalue weighted by molar-refractivity contribution is -0.148. The molecule has 2 aromatic rings. The molecule has 0 aliphatic carbocycles. The summed E-state index contributed by atoms with van der Waals surface area (Å²) in [5, 5.41) is 9.99. The molecule has 4 rings (SSSR count). The normalized spacial score (nSPS) is 24.6. The van der Waals surface area contributed by atoms with Crippen LogP contribution in [0, 0.1) is 11.3 Å². The van der Waals surface area contributed by atoms with E-state index in [1.165, 1.54) is 0 Å². The largest absolute Gasteiger partial charge is 0.497 e. The van der Waals surface area contributed by atoms with Crippen LogP contribution in [0.5, 0.6) is 5.75 Å². The fourth-order valence-electron chi connectivity index (χ4n) is 4.27. The van der Waals surface area contributed by atoms with Gasteiger partial charge >= 0.3 is 5.97 Å². The van der Waals surface area contributed by atoms with Crippen LogP contribution < -0.4 is 9.64 Å². The van der Waals surface area contributed by atoms with Gasteiger partial charge in [-0.2, -0.15) is 0 Å². The molecule has 2 fully saturated rings. The second-order valence-corrected chi connectivity index (χ2v) is 7.46. The number of aromatic nitrogens is 2. The third-order valence-corrected chi connectivity index (χ3v) is 5.73. The fraction of sp³-hybridized carbons (Fsp3) is 0.381. The van der Waals surface area contributed by atoms with Crippen molar-refractivity contribution in [2.75, 3.05) is 44.7 Å². The SMILES string of the molecule is COc1ccc(/C=C/CN2C[C@H]3CN(c4ncccn4)C[C@@]3(C(=O)O)C2)cc1. The summed E-state index contributed by atoms with van der Waals surface area (Å²) in [7, 11) is 1.65. The van der Waals surface area contributed by atoms with Gasteiger partial charge in [0.05, 0.1) is 7.11 Å². The average Bonchev–Trinajstić information content (AvgIpc) is 3.25. The van der Waals surface area contributed by atoms with Crippen molar-refractivity contribution in [2.24, 2.45) is 11.3 Å². The molecule has 7 heteroatoms. The van der Waals surface area contributed by atoms with E-state index in [4.69, 9.17) is 4.74 Å². The zero-order valence-corrected chi connectivity index (χ0v) is 15.9. The van der Waals surface area contributed by atoms with Crippen molar-refractivity contribution in [2.45, 2.75) is 0 Å². The minimum atomic E-state index is -0.757. The Balaban J connectivity index is 1.40. The molecular formula is C21H24N4O3. The quantitative estimate of drug-likeness (QED) is 0.821. The van der Waals surface area contributed by atoms with Gasteiger partial charge in [-0.05, 0) is 23.8 Å². The van der Waals surface area contributed by atoms with E-state index in [2.05, 4.69) is 27.0 Å². The van der Waals surface area contributed by atoms with Crippen LogP contribution in [0.1, 0.15) is 5.56 Å². The number of aliphatic carboxylic acids is 1. The highest BCUT2D eigenvalue weighted by Crippen LogP contribution is 2.43. The van der Waals surface area contributed by atoms with E-state index in [-0.39, 0.29) is 5.92 Å². The monoisotopic (exact) mass is 380 g/mol. The predicted octanol–water partition coefficient (Wildman–Crippen LogP) is 2.02. The number of anilines is 1. The van der Waals surface area contributed by atoms with Gasteiger partial charge in [0.1, 0.15) is 11.2 Å². The van der Waals surface area contributed by atoms with Crippen molar-refractivity contribution in [3.05, 3.63) is 54.4 Å². The highest BCUT2D eigenvalue weighted by Gasteiger charge is 2.57. The molecule has 0 amide bonds. The first kappa shape index (κ1) is 18.4. The van der Waals surface area contributed by atoms with Crippen LogP contribution in [0.25, 0.3) is 6.08 Å². The van der Waals surface area contributed by atoms with Gasteiger partial charge < -0.3 is 14.7 Å². The van der Waals surface area contributed by atoms with Crippen LogP contribution in [-0.4, -0.2) is 65.8 Å². The van der Waals surface area contributed by atoms with E-state index in [0.29, 0.717) is 25.6 Å². The third kappa shape index (κ3) is 3.45. The maximum atomic E-state index is 12.2. The smallest absolute Gasteiger partial charge is 0.313 e. The molecular weight excluding hydrogens is 356 g/mol. The Morgan fingerprint density at radius 1 is 1.25 bits per heavy atom. The number of benzene rings is 1. The van der Waals surface area contributed by atoms with Gasteiger partial charge in [-0.25, -0.2) is 9.97 Å². The number of methoxy groups -OCH3 is 1. The molecule has 0 saturated carbocycles. The van der Waals surface area contributed by atoms with Crippen LogP contribution in [-0.2, 0) is 4.79 Å². The Morgan fingerprint density at radius 2 is 2.00 bits per heavy atom. The van der Waals surface area contributed by atoms with Gasteiger partial charge in [-0.3, -0.25) is 9.69 Å². The molecule has 3 heterocycles. The zero-order valence-electron chi connectivity index (χ0n) is 15.9. The first-order valence-electron chi connectivity index (χ1n) is 9.39. The first-order valence-corrected chi connectivity index (χ1v) is 9.39. The summed E-state index contributed by atoms with van der Waals surface area (Å²) in [6, 6.07) is 9.64. The molecule has 0 spiro atoms. The average molecular weight is 380 g/mol. The number of hydrogen-bond donors (Lipinski definition) is 1. The van der Waals surface area contributed by atoms with Crippen molar-refractivity contribution >= 4 is 18.0 Å². The van der Waals surface area contributed by atoms with Crippen molar-refractivity contribution in [3.63, 3.8) is 0 Å². The lowest BCUT2D eigenvalue weighted by Crippen LogP contribution is -2.41. The number of fused-ring (bicyclic) bond motifs is 1. The van der Waals surface area contributed by atoms with Crippen molar-refractivity contribution in [3.8, 4) is 5.75 Å². The molecule has 1 aromatic carbocycles. The molecule has 2 saturated heterocycles. The summed E-state index contributed by atoms with van der Waals surface area (Å²) >= 11 is 0. The molecule has 0 radical (unpaired) electrons. The summed E-state index contributed by atoms with van der Waals surface area (Å²) in [6.45, 7) is 3.18. The lowest BCUT2D eigenvalue weighted by atomic mass is 9.81. The minimum Gasteiger partial charge on any atom is -0.497 e. The van der Waals surface area contributed by atoms with Gasteiger partial charge in [-0.15, -0.1) is 0 Å². The molecule has 1 aromatic heterocycles. The van der Waals surface area contributed by atoms with Gasteiger partial charge in [0.25, 0.3) is 0 Å². The van der Waals surface area contributed by atoms with E-state index < -0.39 is 11.4 Å². The maximum Gasteiger partial charge on any atom is 0.313 e. The number of rotatable bonds is 6. The molecule has 0 unspecified atom stereocenters. The van der Waals surface area contributed by atoms with Crippen molar-refractivity contribution < 1.29 is 14.6 Å². The van der Waals surface area contributed by atoms with Gasteiger partial charge in [0.15, 0.2) is 0 Å². The van der Waals surface area contributed by atoms with Crippen molar-refractivity contribution in [1.82, 2.24) is 14.9 Å². The standard InChI is InChI=1S/C21H24N4O3/c1-28-18-7-5-16(6-8-18)4-2-11-24-12-17-13-25(20-22-9-3-10-23-20)15-21(17,14-24)19(26)27/h2-10,17H,11-15H2,1H3,(H,26,27)/b4-2+/t17-,21-/m0/s1. The number of carboxylic acid groups (broad SMARTS) is 1. The second-order valence-electron chi connectivity index (χ2n) is 7.46. The highest BCUT2D eigenvalue weighted by molar-refractivity contribution is 5.78. The minimum absolute atomic E-state index is 0.0724. The van der Waals surface area contributed by atoms with E-state index in [0.717, 1.165) is 24.4 Å². The topological polar surface area (TPSA) is 78.8 Å². The van der Waals surface area contributed by atoms with Crippen LogP contribution in [0.3, 0.4) is 0 Å². The van der Waals surface area contributed by atoms with Gasteiger partial charge in [0, 0.05) is 51.0 Å². The van der Waals surface area contributed by atoms with Crippen LogP contribution in [0.15, 0.2) is 48.8 Å². The number of carboxylic acids is 1. The Bertz CT molecular complexity index is 856. The summed E-state index contributed by atoms with van der Waals surface area (Å²) in [4.78, 5) is 24.9. The third-order valence-electron chi connectivity index (χ3n) is 5.73. The summed E-state index contributed by atoms with van der Waals surface area (Å²) in [5.74, 6) is 0.795. The fourth-order valence-corrected chi connectivity index (χ4v) is 4.27. The Morgan fingerprint density at radius 3 is 2.64 bits per heavy atom. The van der Waals surface area contributed by atoms with Crippen molar-refractivity contribution in [1.29, 1.82) is 0 Å². The number of nitrogens with zero attached hydrogens (tertiary/aromatic N) is 4. The number of ether oxygens (including phenoxy) is 1. The molecule has 1 N–H and O–H groups in total. The van der Waals surface area contributed by atoms with E-state index in [1.807, 2.05) is 29.2 Å². The van der Waals surface area contributed by atoms with E-state index in [1.54, 1.807) is 25.6 Å². The molecule has 28 heavy (non-hydrogen) atoms. The Labute approximate surface area is 164 Å². The van der Waals surface area contributed by atoms with Gasteiger partial charge in [-0.1, -0.05) is 24.3 Å². The molecule has 146 valence electrons. The van der Waals surface area contributed by atoms with Crippen LogP contribution >= 0.6 is 0 Å². The molecule has 2 aliphatic rings. The molecule has 2 atom stereocenters. The first-order chi connectivity index (χ1) is 13.6. The molecule has 2 aliphatic heterocycles. The molecule has 0 bridgehead atoms. The highest BCUT2D eigenvalue weighted by atomic mass is 16.5. The van der Waals surface area contributed by atoms with Crippen LogP contribution in [0.2, 0.25) is 0 Å². The number of hydrogen-bond acceptors (Lipinski definition) is 6. The Kier molecular flexibility index (Phi) is 5.00. The second kappa shape index (κ2) is 7.59. The summed E-state index contributed by atoms with van der Waals surface area (Å²) in [6.07, 6.45) is 7.54. The van der Waals surface area contributed by atoms with Gasteiger partial charge in [0.2, 0.25) is 5.95 Å². The Hall–Kier alpha value is -2.93. The van der Waals surface area contributed by atoms with E-state index in [9.17, 15) is 9.90 Å². The summed E-state index contributed by atoms with van der Waals surface area (Å²) in [5.41, 5.74) is 0.341.